The molecule has 0 aliphatic carbocycles. The summed E-state index contributed by atoms with van der Waals surface area (Å²) in [6.07, 6.45) is 4.00. The van der Waals surface area contributed by atoms with E-state index < -0.39 is 11.4 Å². The van der Waals surface area contributed by atoms with Gasteiger partial charge in [0.1, 0.15) is 0 Å². The molecule has 1 saturated heterocycles. The molecule has 0 bridgehead atoms. The Morgan fingerprint density at radius 2 is 1.83 bits per heavy atom. The number of aliphatic carboxylic acids is 1. The van der Waals surface area contributed by atoms with E-state index in [0.717, 1.165) is 16.6 Å². The smallest absolute Gasteiger partial charge is 0.314 e. The van der Waals surface area contributed by atoms with E-state index in [9.17, 15) is 14.7 Å². The molecule has 1 fully saturated rings. The predicted molar refractivity (Wildman–Crippen MR) is 113 cm³/mol. The second-order valence-corrected chi connectivity index (χ2v) is 8.00. The number of benzene rings is 2. The van der Waals surface area contributed by atoms with Crippen molar-refractivity contribution in [3.05, 3.63) is 71.4 Å². The Hall–Kier alpha value is -3.08. The molecule has 0 saturated carbocycles. The van der Waals surface area contributed by atoms with Crippen LogP contribution in [0.4, 0.5) is 0 Å². The summed E-state index contributed by atoms with van der Waals surface area (Å²) in [5, 5.41) is 11.1. The van der Waals surface area contributed by atoms with Crippen LogP contribution in [0.25, 0.3) is 10.9 Å². The minimum Gasteiger partial charge on any atom is -0.481 e. The number of carbonyl (C=O) groups is 2. The topological polar surface area (TPSA) is 73.4 Å². The predicted octanol–water partition coefficient (Wildman–Crippen LogP) is 4.05. The van der Waals surface area contributed by atoms with E-state index in [1.807, 2.05) is 41.4 Å². The number of likely N-dealkylation sites (tertiary alicyclic amines) is 1. The number of carbonyl (C=O) groups excluding carboxylic acids is 1. The molecule has 2 aromatic carbocycles. The van der Waals surface area contributed by atoms with Crippen molar-refractivity contribution in [2.24, 2.45) is 0 Å². The van der Waals surface area contributed by atoms with Gasteiger partial charge in [0.2, 0.25) is 5.91 Å². The Balaban J connectivity index is 1.41. The first-order valence-electron chi connectivity index (χ1n) is 10.1. The van der Waals surface area contributed by atoms with Gasteiger partial charge in [0.25, 0.3) is 0 Å². The van der Waals surface area contributed by atoms with Gasteiger partial charge in [0.15, 0.2) is 0 Å². The highest BCUT2D eigenvalue weighted by Gasteiger charge is 2.43. The van der Waals surface area contributed by atoms with Gasteiger partial charge in [0.05, 0.1) is 5.41 Å². The van der Waals surface area contributed by atoms with E-state index in [-0.39, 0.29) is 5.91 Å². The summed E-state index contributed by atoms with van der Waals surface area (Å²) in [7, 11) is 0. The largest absolute Gasteiger partial charge is 0.481 e. The average Bonchev–Trinajstić information content (AvgIpc) is 3.14. The first-order chi connectivity index (χ1) is 14.0. The summed E-state index contributed by atoms with van der Waals surface area (Å²) in [6.45, 7) is 3.02. The van der Waals surface area contributed by atoms with Crippen LogP contribution < -0.4 is 0 Å². The lowest BCUT2D eigenvalue weighted by atomic mass is 9.73. The summed E-state index contributed by atoms with van der Waals surface area (Å²) >= 11 is 0. The van der Waals surface area contributed by atoms with Gasteiger partial charge in [-0.2, -0.15) is 0 Å². The van der Waals surface area contributed by atoms with E-state index in [1.54, 1.807) is 0 Å². The standard InChI is InChI=1S/C24H26N2O3/c1-17-7-9-21-20(15-17)18(16-25-21)8-10-22(27)26-13-11-24(12-14-26,23(28)29)19-5-3-2-4-6-19/h2-7,9,15-16,25H,8,10-14H2,1H3,(H,28,29). The second-order valence-electron chi connectivity index (χ2n) is 8.00. The Bertz CT molecular complexity index is 1030. The van der Waals surface area contributed by atoms with Crippen LogP contribution in [-0.4, -0.2) is 40.0 Å². The molecule has 1 aliphatic heterocycles. The summed E-state index contributed by atoms with van der Waals surface area (Å²) in [5.74, 6) is -0.705. The van der Waals surface area contributed by atoms with E-state index >= 15 is 0 Å². The molecular weight excluding hydrogens is 364 g/mol. The minimum absolute atomic E-state index is 0.0963. The number of rotatable bonds is 5. The molecule has 4 rings (SSSR count). The Morgan fingerprint density at radius 3 is 2.52 bits per heavy atom. The minimum atomic E-state index is -0.896. The molecule has 2 heterocycles. The van der Waals surface area contributed by atoms with E-state index in [2.05, 4.69) is 30.1 Å². The number of amides is 1. The lowest BCUT2D eigenvalue weighted by Gasteiger charge is -2.39. The van der Waals surface area contributed by atoms with Crippen molar-refractivity contribution in [1.29, 1.82) is 0 Å². The highest BCUT2D eigenvalue weighted by Crippen LogP contribution is 2.36. The lowest BCUT2D eigenvalue weighted by Crippen LogP contribution is -2.49. The Labute approximate surface area is 170 Å². The maximum absolute atomic E-state index is 12.8. The van der Waals surface area contributed by atoms with Gasteiger partial charge in [-0.1, -0.05) is 42.0 Å². The molecule has 150 valence electrons. The molecule has 0 radical (unpaired) electrons. The zero-order chi connectivity index (χ0) is 20.4. The quantitative estimate of drug-likeness (QED) is 0.690. The van der Waals surface area contributed by atoms with Crippen molar-refractivity contribution in [1.82, 2.24) is 9.88 Å². The fourth-order valence-electron chi connectivity index (χ4n) is 4.42. The monoisotopic (exact) mass is 390 g/mol. The van der Waals surface area contributed by atoms with Crippen LogP contribution in [0.5, 0.6) is 0 Å². The number of aromatic nitrogens is 1. The summed E-state index contributed by atoms with van der Waals surface area (Å²) in [5.41, 5.74) is 3.37. The molecule has 5 heteroatoms. The molecule has 29 heavy (non-hydrogen) atoms. The molecule has 1 amide bonds. The van der Waals surface area contributed by atoms with Crippen LogP contribution >= 0.6 is 0 Å². The third-order valence-electron chi connectivity index (χ3n) is 6.24. The fourth-order valence-corrected chi connectivity index (χ4v) is 4.42. The van der Waals surface area contributed by atoms with Crippen molar-refractivity contribution in [3.8, 4) is 0 Å². The number of nitrogens with one attached hydrogen (secondary N) is 1. The number of fused-ring (bicyclic) bond motifs is 1. The molecule has 1 aromatic heterocycles. The highest BCUT2D eigenvalue weighted by molar-refractivity contribution is 5.85. The molecule has 5 nitrogen and oxygen atoms in total. The van der Waals surface area contributed by atoms with Gasteiger partial charge in [-0.3, -0.25) is 9.59 Å². The van der Waals surface area contributed by atoms with Gasteiger partial charge in [-0.25, -0.2) is 0 Å². The van der Waals surface area contributed by atoms with E-state index in [1.165, 1.54) is 10.9 Å². The van der Waals surface area contributed by atoms with E-state index in [0.29, 0.717) is 38.8 Å². The SMILES string of the molecule is Cc1ccc2[nH]cc(CCC(=O)N3CCC(C(=O)O)(c4ccccc4)CC3)c2c1. The normalized spacial score (nSPS) is 16.1. The summed E-state index contributed by atoms with van der Waals surface area (Å²) in [4.78, 5) is 30.0. The fraction of sp³-hybridized carbons (Fsp3) is 0.333. The average molecular weight is 390 g/mol. The number of H-pyrrole nitrogens is 1. The van der Waals surface area contributed by atoms with Gasteiger partial charge in [0, 0.05) is 36.6 Å². The molecular formula is C24H26N2O3. The molecule has 2 N–H and O–H groups in total. The summed E-state index contributed by atoms with van der Waals surface area (Å²) < 4.78 is 0. The zero-order valence-electron chi connectivity index (χ0n) is 16.6. The number of aromatic amines is 1. The summed E-state index contributed by atoms with van der Waals surface area (Å²) in [6, 6.07) is 15.7. The van der Waals surface area contributed by atoms with Gasteiger partial charge in [-0.05, 0) is 49.4 Å². The number of hydrogen-bond donors (Lipinski definition) is 2. The Kier molecular flexibility index (Phi) is 5.14. The Morgan fingerprint density at radius 1 is 1.10 bits per heavy atom. The van der Waals surface area contributed by atoms with Crippen molar-refractivity contribution in [3.63, 3.8) is 0 Å². The molecule has 1 aliphatic rings. The maximum Gasteiger partial charge on any atom is 0.314 e. The molecule has 0 spiro atoms. The maximum atomic E-state index is 12.8. The van der Waals surface area contributed by atoms with Crippen molar-refractivity contribution in [2.45, 2.75) is 38.0 Å². The lowest BCUT2D eigenvalue weighted by molar-refractivity contribution is -0.148. The van der Waals surface area contributed by atoms with Crippen LogP contribution in [0.1, 0.15) is 36.0 Å². The van der Waals surface area contributed by atoms with Gasteiger partial charge >= 0.3 is 5.97 Å². The highest BCUT2D eigenvalue weighted by atomic mass is 16.4. The third kappa shape index (κ3) is 3.65. The van der Waals surface area contributed by atoms with Gasteiger partial charge in [-0.15, -0.1) is 0 Å². The number of carboxylic acid groups (broad SMARTS) is 1. The van der Waals surface area contributed by atoms with Gasteiger partial charge < -0.3 is 15.0 Å². The van der Waals surface area contributed by atoms with Crippen LogP contribution in [-0.2, 0) is 21.4 Å². The van der Waals surface area contributed by atoms with Crippen LogP contribution in [0.2, 0.25) is 0 Å². The number of hydrogen-bond acceptors (Lipinski definition) is 2. The molecule has 3 aromatic rings. The molecule has 0 atom stereocenters. The number of carboxylic acids is 1. The first-order valence-corrected chi connectivity index (χ1v) is 10.1. The van der Waals surface area contributed by atoms with Crippen LogP contribution in [0.15, 0.2) is 54.7 Å². The number of nitrogens with zero attached hydrogens (tertiary/aromatic N) is 1. The van der Waals surface area contributed by atoms with Crippen LogP contribution in [0, 0.1) is 6.92 Å². The zero-order valence-corrected chi connectivity index (χ0v) is 16.6. The van der Waals surface area contributed by atoms with Crippen molar-refractivity contribution >= 4 is 22.8 Å². The van der Waals surface area contributed by atoms with Crippen molar-refractivity contribution < 1.29 is 14.7 Å². The number of aryl methyl sites for hydroxylation is 2. The number of piperidine rings is 1. The first kappa shape index (κ1) is 19.2. The van der Waals surface area contributed by atoms with Crippen molar-refractivity contribution in [2.75, 3.05) is 13.1 Å². The second kappa shape index (κ2) is 7.74. The van der Waals surface area contributed by atoms with E-state index in [4.69, 9.17) is 0 Å². The molecule has 0 unspecified atom stereocenters. The van der Waals surface area contributed by atoms with Crippen LogP contribution in [0.3, 0.4) is 0 Å². The third-order valence-corrected chi connectivity index (χ3v) is 6.24.